The molecule has 0 aromatic carbocycles. The molecular formula is C10H23N3O3S. The summed E-state index contributed by atoms with van der Waals surface area (Å²) in [5.74, 6) is -0.181. The first-order valence-electron chi connectivity index (χ1n) is 5.80. The molecule has 0 aromatic heterocycles. The van der Waals surface area contributed by atoms with E-state index in [0.717, 1.165) is 4.31 Å². The molecule has 7 heteroatoms. The van der Waals surface area contributed by atoms with E-state index in [9.17, 15) is 13.2 Å². The molecule has 0 aliphatic rings. The first-order chi connectivity index (χ1) is 7.88. The first kappa shape index (κ1) is 16.3. The summed E-state index contributed by atoms with van der Waals surface area (Å²) in [6.07, 6.45) is 0.409. The molecule has 0 unspecified atom stereocenters. The van der Waals surface area contributed by atoms with E-state index in [1.165, 1.54) is 7.05 Å². The number of nitrogens with two attached hydrogens (primary N) is 1. The van der Waals surface area contributed by atoms with E-state index in [1.807, 2.05) is 13.8 Å². The highest BCUT2D eigenvalue weighted by atomic mass is 32.2. The Labute approximate surface area is 104 Å². The van der Waals surface area contributed by atoms with Crippen molar-refractivity contribution in [1.82, 2.24) is 9.21 Å². The number of carbonyl (C=O) groups excluding carboxylic acids is 1. The first-order valence-corrected chi connectivity index (χ1v) is 7.41. The lowest BCUT2D eigenvalue weighted by Crippen LogP contribution is -2.41. The molecule has 2 N–H and O–H groups in total. The normalized spacial score (nSPS) is 11.8. The number of nitrogens with zero attached hydrogens (tertiary/aromatic N) is 2. The molecule has 0 aromatic rings. The zero-order valence-electron chi connectivity index (χ0n) is 10.8. The molecule has 0 aliphatic heterocycles. The van der Waals surface area contributed by atoms with Crippen LogP contribution in [0, 0.1) is 0 Å². The predicted molar refractivity (Wildman–Crippen MR) is 68.0 cm³/mol. The van der Waals surface area contributed by atoms with Gasteiger partial charge in [-0.2, -0.15) is 4.31 Å². The van der Waals surface area contributed by atoms with E-state index in [1.54, 1.807) is 4.90 Å². The summed E-state index contributed by atoms with van der Waals surface area (Å²) in [5.41, 5.74) is 5.27. The summed E-state index contributed by atoms with van der Waals surface area (Å²) in [6, 6.07) is 0. The Kier molecular flexibility index (Phi) is 7.33. The fraction of sp³-hybridized carbons (Fsp3) is 0.900. The highest BCUT2D eigenvalue weighted by molar-refractivity contribution is 7.89. The van der Waals surface area contributed by atoms with Crippen molar-refractivity contribution >= 4 is 15.9 Å². The van der Waals surface area contributed by atoms with Crippen LogP contribution in [0.1, 0.15) is 20.3 Å². The molecule has 0 saturated heterocycles. The monoisotopic (exact) mass is 265 g/mol. The SMILES string of the molecule is CCN(CC)C(=O)CN(C)S(=O)(=O)CCCN. The minimum atomic E-state index is -3.36. The van der Waals surface area contributed by atoms with Gasteiger partial charge in [0.05, 0.1) is 12.3 Å². The minimum Gasteiger partial charge on any atom is -0.342 e. The van der Waals surface area contributed by atoms with Crippen molar-refractivity contribution in [1.29, 1.82) is 0 Å². The van der Waals surface area contributed by atoms with Gasteiger partial charge in [0.25, 0.3) is 0 Å². The topological polar surface area (TPSA) is 83.7 Å². The molecule has 0 fully saturated rings. The number of amides is 1. The second-order valence-electron chi connectivity index (χ2n) is 3.78. The summed E-state index contributed by atoms with van der Waals surface area (Å²) < 4.78 is 24.5. The Morgan fingerprint density at radius 2 is 1.76 bits per heavy atom. The van der Waals surface area contributed by atoms with Gasteiger partial charge in [0, 0.05) is 20.1 Å². The highest BCUT2D eigenvalue weighted by Crippen LogP contribution is 2.01. The van der Waals surface area contributed by atoms with E-state index >= 15 is 0 Å². The van der Waals surface area contributed by atoms with Gasteiger partial charge < -0.3 is 10.6 Å². The average molecular weight is 265 g/mol. The summed E-state index contributed by atoms with van der Waals surface area (Å²) in [5, 5.41) is 0. The molecule has 0 spiro atoms. The number of sulfonamides is 1. The Morgan fingerprint density at radius 3 is 2.18 bits per heavy atom. The number of hydrogen-bond donors (Lipinski definition) is 1. The van der Waals surface area contributed by atoms with Crippen molar-refractivity contribution in [3.8, 4) is 0 Å². The molecule has 0 heterocycles. The Bertz CT molecular complexity index is 326. The van der Waals surface area contributed by atoms with Crippen LogP contribution in [0.5, 0.6) is 0 Å². The maximum Gasteiger partial charge on any atom is 0.237 e. The third kappa shape index (κ3) is 5.47. The second kappa shape index (κ2) is 7.62. The van der Waals surface area contributed by atoms with Crippen molar-refractivity contribution in [2.24, 2.45) is 5.73 Å². The summed E-state index contributed by atoms with van der Waals surface area (Å²) >= 11 is 0. The lowest BCUT2D eigenvalue weighted by atomic mass is 10.4. The molecule has 0 saturated carbocycles. The molecule has 1 amide bonds. The van der Waals surface area contributed by atoms with E-state index in [-0.39, 0.29) is 18.2 Å². The van der Waals surface area contributed by atoms with Crippen molar-refractivity contribution in [2.75, 3.05) is 39.0 Å². The van der Waals surface area contributed by atoms with Crippen LogP contribution in [0.3, 0.4) is 0 Å². The van der Waals surface area contributed by atoms with Gasteiger partial charge in [-0.15, -0.1) is 0 Å². The molecule has 102 valence electrons. The van der Waals surface area contributed by atoms with Crippen molar-refractivity contribution < 1.29 is 13.2 Å². The van der Waals surface area contributed by atoms with Crippen LogP contribution < -0.4 is 5.73 Å². The zero-order chi connectivity index (χ0) is 13.5. The van der Waals surface area contributed by atoms with Crippen LogP contribution >= 0.6 is 0 Å². The quantitative estimate of drug-likeness (QED) is 0.639. The Hall–Kier alpha value is -0.660. The van der Waals surface area contributed by atoms with Gasteiger partial charge in [-0.25, -0.2) is 8.42 Å². The van der Waals surface area contributed by atoms with Crippen LogP contribution in [-0.4, -0.2) is 62.5 Å². The lowest BCUT2D eigenvalue weighted by Gasteiger charge is -2.22. The van der Waals surface area contributed by atoms with Gasteiger partial charge in [-0.05, 0) is 26.8 Å². The average Bonchev–Trinajstić information content (AvgIpc) is 2.28. The Morgan fingerprint density at radius 1 is 1.24 bits per heavy atom. The van der Waals surface area contributed by atoms with E-state index in [2.05, 4.69) is 0 Å². The smallest absolute Gasteiger partial charge is 0.237 e. The fourth-order valence-corrected chi connectivity index (χ4v) is 2.54. The van der Waals surface area contributed by atoms with Crippen LogP contribution in [0.15, 0.2) is 0 Å². The van der Waals surface area contributed by atoms with E-state index < -0.39 is 10.0 Å². The number of likely N-dealkylation sites (N-methyl/N-ethyl adjacent to an activating group) is 2. The van der Waals surface area contributed by atoms with E-state index in [4.69, 9.17) is 5.73 Å². The molecular weight excluding hydrogens is 242 g/mol. The molecule has 0 rings (SSSR count). The van der Waals surface area contributed by atoms with Gasteiger partial charge >= 0.3 is 0 Å². The lowest BCUT2D eigenvalue weighted by molar-refractivity contribution is -0.130. The molecule has 17 heavy (non-hydrogen) atoms. The standard InChI is InChI=1S/C10H23N3O3S/c1-4-13(5-2)10(14)9-12(3)17(15,16)8-6-7-11/h4-9,11H2,1-3H3. The van der Waals surface area contributed by atoms with Crippen LogP contribution in [0.4, 0.5) is 0 Å². The van der Waals surface area contributed by atoms with Gasteiger partial charge in [0.2, 0.25) is 15.9 Å². The molecule has 0 aliphatic carbocycles. The van der Waals surface area contributed by atoms with Crippen LogP contribution in [0.25, 0.3) is 0 Å². The third-order valence-electron chi connectivity index (χ3n) is 2.56. The molecule has 0 radical (unpaired) electrons. The van der Waals surface area contributed by atoms with Crippen LogP contribution in [-0.2, 0) is 14.8 Å². The van der Waals surface area contributed by atoms with Crippen molar-refractivity contribution in [2.45, 2.75) is 20.3 Å². The molecule has 0 atom stereocenters. The summed E-state index contributed by atoms with van der Waals surface area (Å²) in [6.45, 7) is 5.14. The number of carbonyl (C=O) groups is 1. The largest absolute Gasteiger partial charge is 0.342 e. The highest BCUT2D eigenvalue weighted by Gasteiger charge is 2.21. The second-order valence-corrected chi connectivity index (χ2v) is 5.98. The predicted octanol–water partition coefficient (Wildman–Crippen LogP) is -0.535. The zero-order valence-corrected chi connectivity index (χ0v) is 11.7. The maximum absolute atomic E-state index is 11.7. The van der Waals surface area contributed by atoms with Gasteiger partial charge in [-0.1, -0.05) is 0 Å². The Balaban J connectivity index is 4.43. The number of hydrogen-bond acceptors (Lipinski definition) is 4. The maximum atomic E-state index is 11.7. The molecule has 6 nitrogen and oxygen atoms in total. The van der Waals surface area contributed by atoms with E-state index in [0.29, 0.717) is 26.1 Å². The van der Waals surface area contributed by atoms with Crippen molar-refractivity contribution in [3.05, 3.63) is 0 Å². The van der Waals surface area contributed by atoms with Gasteiger partial charge in [0.1, 0.15) is 0 Å². The van der Waals surface area contributed by atoms with Crippen LogP contribution in [0.2, 0.25) is 0 Å². The molecule has 0 bridgehead atoms. The van der Waals surface area contributed by atoms with Crippen molar-refractivity contribution in [3.63, 3.8) is 0 Å². The summed E-state index contributed by atoms with van der Waals surface area (Å²) in [4.78, 5) is 13.3. The van der Waals surface area contributed by atoms with Gasteiger partial charge in [-0.3, -0.25) is 4.79 Å². The summed E-state index contributed by atoms with van der Waals surface area (Å²) in [7, 11) is -1.94. The third-order valence-corrected chi connectivity index (χ3v) is 4.44. The van der Waals surface area contributed by atoms with Gasteiger partial charge in [0.15, 0.2) is 0 Å². The number of rotatable bonds is 8. The fourth-order valence-electron chi connectivity index (χ4n) is 1.39. The minimum absolute atomic E-state index is 0.00840.